The maximum Gasteiger partial charge on any atom is 0.0760 e. The lowest BCUT2D eigenvalue weighted by atomic mass is 10.5. The predicted octanol–water partition coefficient (Wildman–Crippen LogP) is 1.51. The number of hydrogen-bond donors (Lipinski definition) is 1. The fourth-order valence-corrected chi connectivity index (χ4v) is 1.35. The summed E-state index contributed by atoms with van der Waals surface area (Å²) < 4.78 is 3.63. The maximum atomic E-state index is 3.41. The zero-order valence-electron chi connectivity index (χ0n) is 3.15. The van der Waals surface area contributed by atoms with Gasteiger partial charge in [-0.1, -0.05) is 27.9 Å². The minimum absolute atomic E-state index is 0.609. The number of alkyl halides is 1. The standard InChI is InChI=1S/C3H5BrNS/c4-3-1-2-5-6-3/h2-3,5H,1H2. The molecule has 0 aliphatic carbocycles. The SMILES string of the molecule is BrC1C[CH]NS1. The minimum atomic E-state index is 0.609. The summed E-state index contributed by atoms with van der Waals surface area (Å²) in [5.41, 5.74) is 0. The molecule has 0 aromatic carbocycles. The Morgan fingerprint density at radius 2 is 2.83 bits per heavy atom. The van der Waals surface area contributed by atoms with Crippen LogP contribution in [0.25, 0.3) is 0 Å². The lowest BCUT2D eigenvalue weighted by Crippen LogP contribution is -1.83. The van der Waals surface area contributed by atoms with Gasteiger partial charge in [-0.25, -0.2) is 0 Å². The third-order valence-corrected chi connectivity index (χ3v) is 2.27. The average molecular weight is 167 g/mol. The van der Waals surface area contributed by atoms with Gasteiger partial charge in [0, 0.05) is 6.54 Å². The van der Waals surface area contributed by atoms with Gasteiger partial charge in [-0.2, -0.15) is 0 Å². The molecule has 1 heterocycles. The molecule has 0 saturated carbocycles. The van der Waals surface area contributed by atoms with E-state index in [2.05, 4.69) is 20.7 Å². The maximum absolute atomic E-state index is 3.41. The second-order valence-corrected chi connectivity index (χ2v) is 3.84. The van der Waals surface area contributed by atoms with Crippen LogP contribution in [0.2, 0.25) is 0 Å². The summed E-state index contributed by atoms with van der Waals surface area (Å²) in [5.74, 6) is 0. The van der Waals surface area contributed by atoms with Crippen molar-refractivity contribution in [3.05, 3.63) is 6.54 Å². The molecule has 0 amide bonds. The van der Waals surface area contributed by atoms with E-state index in [-0.39, 0.29) is 0 Å². The summed E-state index contributed by atoms with van der Waals surface area (Å²) in [4.78, 5) is 0. The summed E-state index contributed by atoms with van der Waals surface area (Å²) in [6, 6.07) is 0. The molecule has 3 heteroatoms. The van der Waals surface area contributed by atoms with Gasteiger partial charge in [0.1, 0.15) is 0 Å². The Balaban J connectivity index is 2.18. The quantitative estimate of drug-likeness (QED) is 0.433. The molecule has 1 saturated heterocycles. The Kier molecular flexibility index (Phi) is 1.80. The Morgan fingerprint density at radius 1 is 2.00 bits per heavy atom. The van der Waals surface area contributed by atoms with Crippen LogP contribution in [0.5, 0.6) is 0 Å². The summed E-state index contributed by atoms with van der Waals surface area (Å²) in [6.45, 7) is 2.05. The number of nitrogens with one attached hydrogen (secondary N) is 1. The predicted molar refractivity (Wildman–Crippen MR) is 32.4 cm³/mol. The van der Waals surface area contributed by atoms with Gasteiger partial charge in [-0.05, 0) is 6.42 Å². The Labute approximate surface area is 50.1 Å². The van der Waals surface area contributed by atoms with Crippen molar-refractivity contribution in [2.24, 2.45) is 0 Å². The molecule has 1 nitrogen and oxygen atoms in total. The van der Waals surface area contributed by atoms with Crippen LogP contribution in [0.15, 0.2) is 0 Å². The highest BCUT2D eigenvalue weighted by atomic mass is 79.9. The molecule has 1 fully saturated rings. The summed E-state index contributed by atoms with van der Waals surface area (Å²) in [7, 11) is 0. The molecule has 6 heavy (non-hydrogen) atoms. The van der Waals surface area contributed by atoms with Gasteiger partial charge in [0.15, 0.2) is 0 Å². The van der Waals surface area contributed by atoms with E-state index in [9.17, 15) is 0 Å². The molecule has 1 unspecified atom stereocenters. The Morgan fingerprint density at radius 3 is 3.00 bits per heavy atom. The van der Waals surface area contributed by atoms with E-state index in [1.807, 2.05) is 6.54 Å². The van der Waals surface area contributed by atoms with Crippen molar-refractivity contribution in [1.82, 2.24) is 4.72 Å². The van der Waals surface area contributed by atoms with E-state index in [4.69, 9.17) is 0 Å². The van der Waals surface area contributed by atoms with Crippen molar-refractivity contribution in [2.75, 3.05) is 0 Å². The van der Waals surface area contributed by atoms with Gasteiger partial charge < -0.3 is 0 Å². The highest BCUT2D eigenvalue weighted by Crippen LogP contribution is 2.24. The molecule has 1 N–H and O–H groups in total. The van der Waals surface area contributed by atoms with Crippen molar-refractivity contribution >= 4 is 27.9 Å². The van der Waals surface area contributed by atoms with Gasteiger partial charge in [0.05, 0.1) is 4.16 Å². The fourth-order valence-electron chi connectivity index (χ4n) is 0.311. The average Bonchev–Trinajstić information content (AvgIpc) is 1.86. The van der Waals surface area contributed by atoms with E-state index in [1.165, 1.54) is 0 Å². The van der Waals surface area contributed by atoms with Crippen molar-refractivity contribution < 1.29 is 0 Å². The summed E-state index contributed by atoms with van der Waals surface area (Å²) in [5, 5.41) is 0. The van der Waals surface area contributed by atoms with Gasteiger partial charge in [0.25, 0.3) is 0 Å². The van der Waals surface area contributed by atoms with Crippen molar-refractivity contribution in [2.45, 2.75) is 10.6 Å². The van der Waals surface area contributed by atoms with Crippen LogP contribution in [0.4, 0.5) is 0 Å². The van der Waals surface area contributed by atoms with Crippen molar-refractivity contribution in [3.63, 3.8) is 0 Å². The molecule has 1 aliphatic rings. The first-order chi connectivity index (χ1) is 2.89. The number of halogens is 1. The van der Waals surface area contributed by atoms with Crippen LogP contribution in [0.1, 0.15) is 6.42 Å². The molecule has 1 atom stereocenters. The molecule has 35 valence electrons. The van der Waals surface area contributed by atoms with Crippen molar-refractivity contribution in [3.8, 4) is 0 Å². The molecule has 1 rings (SSSR count). The molecule has 1 aliphatic heterocycles. The minimum Gasteiger partial charge on any atom is -0.258 e. The van der Waals surface area contributed by atoms with E-state index in [1.54, 1.807) is 11.9 Å². The van der Waals surface area contributed by atoms with Gasteiger partial charge in [0.2, 0.25) is 0 Å². The number of rotatable bonds is 0. The van der Waals surface area contributed by atoms with Crippen LogP contribution < -0.4 is 4.72 Å². The monoisotopic (exact) mass is 166 g/mol. The van der Waals surface area contributed by atoms with Gasteiger partial charge in [-0.3, -0.25) is 4.72 Å². The summed E-state index contributed by atoms with van der Waals surface area (Å²) >= 11 is 5.12. The molecular weight excluding hydrogens is 162 g/mol. The van der Waals surface area contributed by atoms with Crippen LogP contribution >= 0.6 is 27.9 Å². The van der Waals surface area contributed by atoms with Crippen LogP contribution in [0, 0.1) is 6.54 Å². The van der Waals surface area contributed by atoms with Gasteiger partial charge >= 0.3 is 0 Å². The molecule has 1 radical (unpaired) electrons. The zero-order valence-corrected chi connectivity index (χ0v) is 5.55. The highest BCUT2D eigenvalue weighted by Gasteiger charge is 2.09. The number of hydrogen-bond acceptors (Lipinski definition) is 2. The first-order valence-corrected chi connectivity index (χ1v) is 3.56. The smallest absolute Gasteiger partial charge is 0.0760 e. The van der Waals surface area contributed by atoms with E-state index < -0.39 is 0 Å². The Bertz CT molecular complexity index is 44.1. The van der Waals surface area contributed by atoms with E-state index in [0.29, 0.717) is 4.16 Å². The third kappa shape index (κ3) is 1.13. The van der Waals surface area contributed by atoms with E-state index in [0.717, 1.165) is 6.42 Å². The normalized spacial score (nSPS) is 34.5. The summed E-state index contributed by atoms with van der Waals surface area (Å²) in [6.07, 6.45) is 1.13. The third-order valence-electron chi connectivity index (χ3n) is 0.582. The van der Waals surface area contributed by atoms with Crippen molar-refractivity contribution in [1.29, 1.82) is 0 Å². The molecular formula is C3H5BrNS. The molecule has 0 aromatic rings. The lowest BCUT2D eigenvalue weighted by Gasteiger charge is -1.87. The van der Waals surface area contributed by atoms with Crippen LogP contribution in [-0.2, 0) is 0 Å². The Hall–Kier alpha value is 0.790. The second kappa shape index (κ2) is 2.19. The highest BCUT2D eigenvalue weighted by molar-refractivity contribution is 9.11. The van der Waals surface area contributed by atoms with Crippen LogP contribution in [0.3, 0.4) is 0 Å². The first kappa shape index (κ1) is 4.94. The zero-order chi connectivity index (χ0) is 4.41. The van der Waals surface area contributed by atoms with Crippen LogP contribution in [-0.4, -0.2) is 4.16 Å². The molecule has 0 aromatic heterocycles. The molecule has 0 bridgehead atoms. The molecule has 0 spiro atoms. The lowest BCUT2D eigenvalue weighted by molar-refractivity contribution is 1.07. The largest absolute Gasteiger partial charge is 0.258 e. The fraction of sp³-hybridized carbons (Fsp3) is 0.667. The topological polar surface area (TPSA) is 12.0 Å². The first-order valence-electron chi connectivity index (χ1n) is 1.76. The second-order valence-electron chi connectivity index (χ2n) is 1.09. The van der Waals surface area contributed by atoms with E-state index >= 15 is 0 Å². The van der Waals surface area contributed by atoms with Gasteiger partial charge in [-0.15, -0.1) is 0 Å².